The van der Waals surface area contributed by atoms with Crippen LogP contribution in [0, 0.1) is 6.92 Å². The van der Waals surface area contributed by atoms with Crippen LogP contribution in [0.15, 0.2) is 69.0 Å². The van der Waals surface area contributed by atoms with Gasteiger partial charge in [0.15, 0.2) is 0 Å². The predicted molar refractivity (Wildman–Crippen MR) is 125 cm³/mol. The highest BCUT2D eigenvalue weighted by Crippen LogP contribution is 2.22. The van der Waals surface area contributed by atoms with Crippen LogP contribution >= 0.6 is 23.2 Å². The summed E-state index contributed by atoms with van der Waals surface area (Å²) in [6.07, 6.45) is 1.17. The predicted octanol–water partition coefficient (Wildman–Crippen LogP) is 3.46. The first-order valence-electron chi connectivity index (χ1n) is 9.38. The van der Waals surface area contributed by atoms with Crippen LogP contribution in [0.25, 0.3) is 0 Å². The first kappa shape index (κ1) is 24.5. The highest BCUT2D eigenvalue weighted by atomic mass is 35.5. The van der Waals surface area contributed by atoms with Crippen LogP contribution in [0.3, 0.4) is 0 Å². The molecule has 2 amide bonds. The van der Waals surface area contributed by atoms with E-state index < -0.39 is 21.8 Å². The summed E-state index contributed by atoms with van der Waals surface area (Å²) >= 11 is 11.7. The molecule has 2 aromatic carbocycles. The van der Waals surface area contributed by atoms with Crippen LogP contribution in [0.1, 0.15) is 17.1 Å². The number of halogens is 2. The molecule has 0 aliphatic rings. The maximum Gasteiger partial charge on any atom is 0.329 e. The number of sulfonamides is 1. The number of hydrogen-bond donors (Lipinski definition) is 3. The van der Waals surface area contributed by atoms with Crippen LogP contribution in [-0.4, -0.2) is 26.4 Å². The Kier molecular flexibility index (Phi) is 7.88. The summed E-state index contributed by atoms with van der Waals surface area (Å²) < 4.78 is 32.5. The molecule has 0 saturated carbocycles. The van der Waals surface area contributed by atoms with Crippen molar-refractivity contribution in [1.29, 1.82) is 0 Å². The van der Waals surface area contributed by atoms with Crippen molar-refractivity contribution in [2.24, 2.45) is 5.10 Å². The number of carbonyl (C=O) groups is 2. The van der Waals surface area contributed by atoms with Crippen LogP contribution in [0.5, 0.6) is 0 Å². The molecule has 0 aliphatic carbocycles. The maximum atomic E-state index is 12.3. The van der Waals surface area contributed by atoms with Gasteiger partial charge in [0.25, 0.3) is 0 Å². The molecular weight excluding hydrogens is 491 g/mol. The van der Waals surface area contributed by atoms with E-state index in [1.54, 1.807) is 18.2 Å². The fourth-order valence-electron chi connectivity index (χ4n) is 2.54. The number of amides is 2. The van der Waals surface area contributed by atoms with Crippen molar-refractivity contribution in [3.63, 3.8) is 0 Å². The second kappa shape index (κ2) is 10.6. The van der Waals surface area contributed by atoms with E-state index in [0.29, 0.717) is 15.8 Å². The lowest BCUT2D eigenvalue weighted by Crippen LogP contribution is -2.32. The zero-order chi connectivity index (χ0) is 24.0. The number of nitrogens with one attached hydrogen (secondary N) is 3. The van der Waals surface area contributed by atoms with E-state index in [2.05, 4.69) is 20.6 Å². The molecule has 172 valence electrons. The number of furan rings is 1. The molecule has 9 nitrogen and oxygen atoms in total. The van der Waals surface area contributed by atoms with E-state index in [9.17, 15) is 18.0 Å². The third kappa shape index (κ3) is 7.16. The molecule has 33 heavy (non-hydrogen) atoms. The first-order chi connectivity index (χ1) is 15.6. The van der Waals surface area contributed by atoms with Gasteiger partial charge in [-0.1, -0.05) is 40.9 Å². The summed E-state index contributed by atoms with van der Waals surface area (Å²) in [4.78, 5) is 23.9. The molecule has 3 rings (SSSR count). The van der Waals surface area contributed by atoms with E-state index in [1.165, 1.54) is 42.6 Å². The van der Waals surface area contributed by atoms with Crippen molar-refractivity contribution in [1.82, 2.24) is 10.1 Å². The Bertz CT molecular complexity index is 1280. The summed E-state index contributed by atoms with van der Waals surface area (Å²) in [7, 11) is -3.70. The van der Waals surface area contributed by atoms with Crippen LogP contribution < -0.4 is 15.5 Å². The van der Waals surface area contributed by atoms with Crippen LogP contribution in [0.4, 0.5) is 5.69 Å². The normalized spacial score (nSPS) is 11.5. The van der Waals surface area contributed by atoms with Gasteiger partial charge in [-0.15, -0.1) is 0 Å². The van der Waals surface area contributed by atoms with Crippen molar-refractivity contribution in [3.05, 3.63) is 81.7 Å². The van der Waals surface area contributed by atoms with E-state index in [1.807, 2.05) is 6.92 Å². The van der Waals surface area contributed by atoms with Crippen molar-refractivity contribution in [2.75, 3.05) is 5.32 Å². The van der Waals surface area contributed by atoms with Gasteiger partial charge in [0.05, 0.1) is 17.7 Å². The molecule has 3 aromatic rings. The lowest BCUT2D eigenvalue weighted by Gasteiger charge is -2.05. The average Bonchev–Trinajstić information content (AvgIpc) is 3.19. The fraction of sp³-hybridized carbons (Fsp3) is 0.0952. The Morgan fingerprint density at radius 2 is 1.67 bits per heavy atom. The van der Waals surface area contributed by atoms with Gasteiger partial charge >= 0.3 is 11.8 Å². The molecule has 0 bridgehead atoms. The number of nitrogens with zero attached hydrogens (tertiary/aromatic N) is 1. The zero-order valence-electron chi connectivity index (χ0n) is 17.1. The van der Waals surface area contributed by atoms with E-state index >= 15 is 0 Å². The minimum atomic E-state index is -3.70. The number of rotatable bonds is 7. The van der Waals surface area contributed by atoms with Gasteiger partial charge in [-0.2, -0.15) is 5.10 Å². The number of carbonyl (C=O) groups excluding carboxylic acids is 2. The van der Waals surface area contributed by atoms with Gasteiger partial charge in [0.2, 0.25) is 10.0 Å². The van der Waals surface area contributed by atoms with Gasteiger partial charge < -0.3 is 9.73 Å². The fourth-order valence-corrected chi connectivity index (χ4v) is 4.06. The zero-order valence-corrected chi connectivity index (χ0v) is 19.5. The number of aryl methyl sites for hydroxylation is 1. The highest BCUT2D eigenvalue weighted by Gasteiger charge is 2.15. The quantitative estimate of drug-likeness (QED) is 0.255. The minimum Gasteiger partial charge on any atom is -0.459 e. The molecule has 0 unspecified atom stereocenters. The molecule has 12 heteroatoms. The SMILES string of the molecule is Cc1ccc(S(=O)(=O)NCc2ccc(/C=N/NC(=O)C(=O)Nc3cc(Cl)cc(Cl)c3)o2)cc1. The standard InChI is InChI=1S/C21H18Cl2N4O5S/c1-13-2-6-19(7-3-13)33(30,31)25-12-18-5-4-17(32-18)11-24-27-21(29)20(28)26-16-9-14(22)8-15(23)10-16/h2-11,25H,12H2,1H3,(H,26,28)(H,27,29)/b24-11+. The number of anilines is 1. The lowest BCUT2D eigenvalue weighted by atomic mass is 10.2. The maximum absolute atomic E-state index is 12.3. The Balaban J connectivity index is 1.51. The number of hydrogen-bond acceptors (Lipinski definition) is 6. The summed E-state index contributed by atoms with van der Waals surface area (Å²) in [5, 5.41) is 6.58. The van der Waals surface area contributed by atoms with Gasteiger partial charge in [-0.3, -0.25) is 9.59 Å². The number of benzene rings is 2. The second-order valence-electron chi connectivity index (χ2n) is 6.75. The molecule has 0 radical (unpaired) electrons. The van der Waals surface area contributed by atoms with Crippen molar-refractivity contribution in [3.8, 4) is 0 Å². The molecule has 0 atom stereocenters. The second-order valence-corrected chi connectivity index (χ2v) is 9.39. The van der Waals surface area contributed by atoms with E-state index in [0.717, 1.165) is 5.56 Å². The lowest BCUT2D eigenvalue weighted by molar-refractivity contribution is -0.136. The summed E-state index contributed by atoms with van der Waals surface area (Å²) in [5.41, 5.74) is 3.25. The molecule has 0 spiro atoms. The summed E-state index contributed by atoms with van der Waals surface area (Å²) in [6, 6.07) is 13.8. The molecular formula is C21H18Cl2N4O5S. The van der Waals surface area contributed by atoms with Crippen molar-refractivity contribution >= 4 is 56.9 Å². The number of hydrazone groups is 1. The molecule has 1 aromatic heterocycles. The minimum absolute atomic E-state index is 0.0823. The topological polar surface area (TPSA) is 130 Å². The Morgan fingerprint density at radius 3 is 2.33 bits per heavy atom. The van der Waals surface area contributed by atoms with Crippen LogP contribution in [0.2, 0.25) is 10.0 Å². The summed E-state index contributed by atoms with van der Waals surface area (Å²) in [5.74, 6) is -1.44. The van der Waals surface area contributed by atoms with Gasteiger partial charge in [0, 0.05) is 15.7 Å². The van der Waals surface area contributed by atoms with Gasteiger partial charge in [0.1, 0.15) is 11.5 Å². The Morgan fingerprint density at radius 1 is 1.00 bits per heavy atom. The molecule has 3 N–H and O–H groups in total. The third-order valence-electron chi connectivity index (χ3n) is 4.13. The molecule has 0 saturated heterocycles. The Hall–Kier alpha value is -3.18. The first-order valence-corrected chi connectivity index (χ1v) is 11.6. The van der Waals surface area contributed by atoms with Crippen LogP contribution in [-0.2, 0) is 26.2 Å². The smallest absolute Gasteiger partial charge is 0.329 e. The van der Waals surface area contributed by atoms with Gasteiger partial charge in [-0.25, -0.2) is 18.6 Å². The highest BCUT2D eigenvalue weighted by molar-refractivity contribution is 7.89. The van der Waals surface area contributed by atoms with E-state index in [-0.39, 0.29) is 22.9 Å². The molecule has 0 aliphatic heterocycles. The largest absolute Gasteiger partial charge is 0.459 e. The molecule has 1 heterocycles. The monoisotopic (exact) mass is 508 g/mol. The average molecular weight is 509 g/mol. The van der Waals surface area contributed by atoms with Crippen molar-refractivity contribution in [2.45, 2.75) is 18.4 Å². The summed E-state index contributed by atoms with van der Waals surface area (Å²) in [6.45, 7) is 1.78. The van der Waals surface area contributed by atoms with Gasteiger partial charge in [-0.05, 0) is 49.4 Å². The van der Waals surface area contributed by atoms with Crippen molar-refractivity contribution < 1.29 is 22.4 Å². The Labute approximate surface area is 199 Å². The third-order valence-corrected chi connectivity index (χ3v) is 5.99. The molecule has 0 fully saturated rings. The van der Waals surface area contributed by atoms with E-state index in [4.69, 9.17) is 27.6 Å².